The Hall–Kier alpha value is -0.370. The van der Waals surface area contributed by atoms with Crippen LogP contribution in [0.3, 0.4) is 0 Å². The van der Waals surface area contributed by atoms with E-state index in [9.17, 15) is 9.90 Å². The number of fused-ring (bicyclic) bond motifs is 1. The summed E-state index contributed by atoms with van der Waals surface area (Å²) in [4.78, 5) is 11.4. The third-order valence-electron chi connectivity index (χ3n) is 6.55. The fourth-order valence-electron chi connectivity index (χ4n) is 5.61. The molecule has 0 aromatic heterocycles. The van der Waals surface area contributed by atoms with Gasteiger partial charge < -0.3 is 9.90 Å². The molecular weight excluding hydrogens is 248 g/mol. The Labute approximate surface area is 124 Å². The van der Waals surface area contributed by atoms with Gasteiger partial charge in [-0.3, -0.25) is 0 Å². The molecule has 2 heteroatoms. The molecule has 116 valence electrons. The zero-order valence-corrected chi connectivity index (χ0v) is 14.0. The van der Waals surface area contributed by atoms with Gasteiger partial charge in [-0.05, 0) is 68.6 Å². The fraction of sp³-hybridized carbons (Fsp3) is 0.944. The van der Waals surface area contributed by atoms with Crippen LogP contribution in [0.2, 0.25) is 0 Å². The second-order valence-corrected chi connectivity index (χ2v) is 8.59. The molecule has 2 fully saturated rings. The van der Waals surface area contributed by atoms with Crippen molar-refractivity contribution in [3.05, 3.63) is 0 Å². The Bertz CT molecular complexity index is 383. The van der Waals surface area contributed by atoms with E-state index in [0.29, 0.717) is 17.8 Å². The minimum atomic E-state index is -0.603. The van der Waals surface area contributed by atoms with Gasteiger partial charge in [-0.25, -0.2) is 0 Å². The first-order valence-electron chi connectivity index (χ1n) is 8.31. The van der Waals surface area contributed by atoms with Crippen molar-refractivity contribution in [2.75, 3.05) is 0 Å². The molecule has 4 atom stereocenters. The van der Waals surface area contributed by atoms with E-state index in [-0.39, 0.29) is 17.1 Å². The summed E-state index contributed by atoms with van der Waals surface area (Å²) in [6.45, 7) is 10.9. The first-order chi connectivity index (χ1) is 9.09. The Kier molecular flexibility index (Phi) is 4.10. The van der Waals surface area contributed by atoms with Crippen molar-refractivity contribution in [2.45, 2.75) is 85.2 Å². The summed E-state index contributed by atoms with van der Waals surface area (Å²) in [5.41, 5.74) is -0.0367. The normalized spacial score (nSPS) is 43.9. The van der Waals surface area contributed by atoms with Crippen LogP contribution in [0.1, 0.15) is 79.6 Å². The lowest BCUT2D eigenvalue weighted by Crippen LogP contribution is -2.57. The van der Waals surface area contributed by atoms with Crippen molar-refractivity contribution in [2.24, 2.45) is 22.7 Å². The van der Waals surface area contributed by atoms with Gasteiger partial charge in [0.15, 0.2) is 0 Å². The van der Waals surface area contributed by atoms with Crippen molar-refractivity contribution >= 4 is 5.78 Å². The highest BCUT2D eigenvalue weighted by Crippen LogP contribution is 2.62. The smallest absolute Gasteiger partial charge is 0.129 e. The highest BCUT2D eigenvalue weighted by molar-refractivity contribution is 5.75. The number of aliphatic hydroxyl groups is 1. The number of carbonyl (C=O) groups is 1. The number of carbonyl (C=O) groups excluding carboxylic acids is 1. The maximum Gasteiger partial charge on any atom is 0.129 e. The van der Waals surface area contributed by atoms with Crippen molar-refractivity contribution < 1.29 is 9.90 Å². The van der Waals surface area contributed by atoms with Crippen LogP contribution in [0.25, 0.3) is 0 Å². The van der Waals surface area contributed by atoms with E-state index in [4.69, 9.17) is 0 Å². The standard InChI is InChI=1S/C18H32O2/c1-13(19)7-8-15-17(4)11-6-10-16(2,3)14(17)9-12-18(15,5)20/h14-15,20H,6-12H2,1-5H3/t14-,15+,17-,18+/m0/s1. The van der Waals surface area contributed by atoms with Crippen LogP contribution in [0.15, 0.2) is 0 Å². The molecule has 0 aromatic rings. The zero-order chi connectivity index (χ0) is 15.2. The summed E-state index contributed by atoms with van der Waals surface area (Å²) < 4.78 is 0. The monoisotopic (exact) mass is 280 g/mol. The van der Waals surface area contributed by atoms with Gasteiger partial charge in [0.1, 0.15) is 5.78 Å². The van der Waals surface area contributed by atoms with Gasteiger partial charge in [-0.1, -0.05) is 27.2 Å². The quantitative estimate of drug-likeness (QED) is 0.834. The molecule has 0 saturated heterocycles. The second kappa shape index (κ2) is 5.12. The van der Waals surface area contributed by atoms with E-state index in [0.717, 1.165) is 19.3 Å². The minimum Gasteiger partial charge on any atom is -0.390 e. The summed E-state index contributed by atoms with van der Waals surface area (Å²) in [6, 6.07) is 0. The Balaban J connectivity index is 2.30. The highest BCUT2D eigenvalue weighted by Gasteiger charge is 2.57. The van der Waals surface area contributed by atoms with Gasteiger partial charge in [-0.15, -0.1) is 0 Å². The summed E-state index contributed by atoms with van der Waals surface area (Å²) in [5.74, 6) is 1.19. The van der Waals surface area contributed by atoms with Gasteiger partial charge in [-0.2, -0.15) is 0 Å². The largest absolute Gasteiger partial charge is 0.390 e. The van der Waals surface area contributed by atoms with E-state index in [1.807, 2.05) is 6.92 Å². The van der Waals surface area contributed by atoms with Crippen LogP contribution < -0.4 is 0 Å². The molecule has 0 unspecified atom stereocenters. The Morgan fingerprint density at radius 1 is 1.15 bits per heavy atom. The van der Waals surface area contributed by atoms with Gasteiger partial charge in [0.05, 0.1) is 5.60 Å². The average Bonchev–Trinajstić information content (AvgIpc) is 2.25. The van der Waals surface area contributed by atoms with E-state index in [2.05, 4.69) is 20.8 Å². The van der Waals surface area contributed by atoms with Crippen molar-refractivity contribution in [3.63, 3.8) is 0 Å². The summed E-state index contributed by atoms with van der Waals surface area (Å²) in [5, 5.41) is 10.9. The van der Waals surface area contributed by atoms with Crippen molar-refractivity contribution in [1.82, 2.24) is 0 Å². The average molecular weight is 280 g/mol. The van der Waals surface area contributed by atoms with E-state index in [1.165, 1.54) is 19.3 Å². The van der Waals surface area contributed by atoms with Crippen LogP contribution in [-0.2, 0) is 4.79 Å². The molecular formula is C18H32O2. The van der Waals surface area contributed by atoms with Gasteiger partial charge in [0, 0.05) is 6.42 Å². The van der Waals surface area contributed by atoms with Crippen LogP contribution in [-0.4, -0.2) is 16.5 Å². The molecule has 0 aliphatic heterocycles. The van der Waals surface area contributed by atoms with Crippen molar-refractivity contribution in [3.8, 4) is 0 Å². The maximum absolute atomic E-state index is 11.4. The maximum atomic E-state index is 11.4. The van der Waals surface area contributed by atoms with Crippen molar-refractivity contribution in [1.29, 1.82) is 0 Å². The number of Topliss-reactive ketones (excluding diaryl/α,β-unsaturated/α-hetero) is 1. The fourth-order valence-corrected chi connectivity index (χ4v) is 5.61. The SMILES string of the molecule is CC(=O)CC[C@@H]1[C@@]2(C)CCCC(C)(C)[C@@H]2CC[C@@]1(C)O. The Morgan fingerprint density at radius 3 is 2.40 bits per heavy atom. The van der Waals surface area contributed by atoms with E-state index >= 15 is 0 Å². The number of rotatable bonds is 3. The second-order valence-electron chi connectivity index (χ2n) is 8.59. The van der Waals surface area contributed by atoms with Crippen LogP contribution >= 0.6 is 0 Å². The molecule has 0 spiro atoms. The molecule has 1 N–H and O–H groups in total. The molecule has 0 heterocycles. The van der Waals surface area contributed by atoms with Crippen LogP contribution in [0.4, 0.5) is 0 Å². The lowest BCUT2D eigenvalue weighted by molar-refractivity contribution is -0.169. The molecule has 0 bridgehead atoms. The predicted octanol–water partition coefficient (Wildman–Crippen LogP) is 4.35. The van der Waals surface area contributed by atoms with Crippen LogP contribution in [0.5, 0.6) is 0 Å². The molecule has 2 aliphatic carbocycles. The minimum absolute atomic E-state index is 0.193. The Morgan fingerprint density at radius 2 is 1.80 bits per heavy atom. The summed E-state index contributed by atoms with van der Waals surface area (Å²) >= 11 is 0. The highest BCUT2D eigenvalue weighted by atomic mass is 16.3. The molecule has 0 radical (unpaired) electrons. The first-order valence-corrected chi connectivity index (χ1v) is 8.31. The molecule has 0 aromatic carbocycles. The third kappa shape index (κ3) is 2.68. The van der Waals surface area contributed by atoms with E-state index in [1.54, 1.807) is 6.92 Å². The lowest BCUT2D eigenvalue weighted by Gasteiger charge is -2.61. The third-order valence-corrected chi connectivity index (χ3v) is 6.55. The molecule has 2 saturated carbocycles. The first kappa shape index (κ1) is 16.0. The van der Waals surface area contributed by atoms with E-state index < -0.39 is 5.60 Å². The number of hydrogen-bond acceptors (Lipinski definition) is 2. The van der Waals surface area contributed by atoms with Crippen LogP contribution in [0, 0.1) is 22.7 Å². The molecule has 2 rings (SSSR count). The summed E-state index contributed by atoms with van der Waals surface area (Å²) in [6.07, 6.45) is 7.25. The topological polar surface area (TPSA) is 37.3 Å². The molecule has 2 nitrogen and oxygen atoms in total. The lowest BCUT2D eigenvalue weighted by atomic mass is 9.45. The van der Waals surface area contributed by atoms with Gasteiger partial charge in [0.25, 0.3) is 0 Å². The number of hydrogen-bond donors (Lipinski definition) is 1. The zero-order valence-electron chi connectivity index (χ0n) is 14.0. The van der Waals surface area contributed by atoms with Gasteiger partial charge >= 0.3 is 0 Å². The number of ketones is 1. The predicted molar refractivity (Wildman–Crippen MR) is 82.5 cm³/mol. The molecule has 2 aliphatic rings. The van der Waals surface area contributed by atoms with Gasteiger partial charge in [0.2, 0.25) is 0 Å². The molecule has 20 heavy (non-hydrogen) atoms. The molecule has 0 amide bonds. The summed E-state index contributed by atoms with van der Waals surface area (Å²) in [7, 11) is 0.